The van der Waals surface area contributed by atoms with E-state index in [0.29, 0.717) is 18.0 Å². The summed E-state index contributed by atoms with van der Waals surface area (Å²) in [5.41, 5.74) is 2.72. The van der Waals surface area contributed by atoms with Gasteiger partial charge >= 0.3 is 0 Å². The molecule has 3 aromatic heterocycles. The largest absolute Gasteiger partial charge is 0.396 e. The van der Waals surface area contributed by atoms with E-state index < -0.39 is 0 Å². The van der Waals surface area contributed by atoms with E-state index in [0.717, 1.165) is 34.1 Å². The van der Waals surface area contributed by atoms with Crippen LogP contribution in [-0.2, 0) is 6.54 Å². The molecule has 0 radical (unpaired) electrons. The van der Waals surface area contributed by atoms with Crippen LogP contribution in [0.15, 0.2) is 29.0 Å². The number of fused-ring (bicyclic) bond motifs is 1. The van der Waals surface area contributed by atoms with Crippen LogP contribution in [0.5, 0.6) is 0 Å². The molecule has 0 spiro atoms. The number of aliphatic hydroxyl groups excluding tert-OH is 1. The molecule has 0 aliphatic heterocycles. The van der Waals surface area contributed by atoms with Gasteiger partial charge in [0.25, 0.3) is 0 Å². The van der Waals surface area contributed by atoms with Crippen LogP contribution in [0.1, 0.15) is 55.4 Å². The van der Waals surface area contributed by atoms with Gasteiger partial charge in [0.2, 0.25) is 0 Å². The van der Waals surface area contributed by atoms with E-state index in [1.807, 2.05) is 17.5 Å². The molecule has 0 atom stereocenters. The number of rotatable bonds is 6. The summed E-state index contributed by atoms with van der Waals surface area (Å²) >= 11 is 9.51. The highest BCUT2D eigenvalue weighted by molar-refractivity contribution is 7.18. The number of hydrogen-bond donors (Lipinski definition) is 3. The van der Waals surface area contributed by atoms with Gasteiger partial charge in [-0.05, 0) is 37.8 Å². The van der Waals surface area contributed by atoms with Gasteiger partial charge < -0.3 is 15.7 Å². The summed E-state index contributed by atoms with van der Waals surface area (Å²) in [6, 6.07) is 6.84. The van der Waals surface area contributed by atoms with Crippen molar-refractivity contribution in [2.24, 2.45) is 0 Å². The van der Waals surface area contributed by atoms with E-state index in [1.165, 1.54) is 37.0 Å². The summed E-state index contributed by atoms with van der Waals surface area (Å²) in [6.45, 7) is 0.933. The van der Waals surface area contributed by atoms with Gasteiger partial charge in [-0.3, -0.25) is 0 Å². The van der Waals surface area contributed by atoms with Crippen molar-refractivity contribution in [1.29, 1.82) is 0 Å². The van der Waals surface area contributed by atoms with Crippen LogP contribution in [0.4, 0.5) is 5.69 Å². The third-order valence-corrected chi connectivity index (χ3v) is 7.29. The van der Waals surface area contributed by atoms with Gasteiger partial charge in [-0.1, -0.05) is 48.8 Å². The first-order valence-electron chi connectivity index (χ1n) is 10.8. The number of hydrogen-bond acceptors (Lipinski definition) is 6. The topological polar surface area (TPSA) is 57.2 Å². The molecule has 7 heteroatoms. The number of thiophene rings is 2. The molecule has 0 bridgehead atoms. The lowest BCUT2D eigenvalue weighted by Crippen LogP contribution is -2.26. The first-order valence-corrected chi connectivity index (χ1v) is 13.0. The third kappa shape index (κ3) is 7.48. The minimum Gasteiger partial charge on any atom is -0.396 e. The second-order valence-corrected chi connectivity index (χ2v) is 9.80. The highest BCUT2D eigenvalue weighted by atomic mass is 35.5. The summed E-state index contributed by atoms with van der Waals surface area (Å²) in [6.07, 6.45) is 8.50. The van der Waals surface area contributed by atoms with Crippen molar-refractivity contribution in [2.45, 2.75) is 57.5 Å². The Morgan fingerprint density at radius 2 is 2.10 bits per heavy atom. The maximum atomic E-state index is 8.80. The number of nitrogens with one attached hydrogen (secondary N) is 2. The standard InChI is InChI=1S/C17H15ClN2OS2.C7H15N/c18-15-9-14(19-10-13-6-4-8-22-13)17-16(20-15)12(11-23-17)5-2-1-3-7-21;1-8-7-5-3-2-4-6-7/h4,6,8-9,11,21H,1,3,7,10H2,(H,19,20);7-8H,2-6H2,1H3. The second kappa shape index (κ2) is 13.0. The number of aromatic nitrogens is 1. The fourth-order valence-corrected chi connectivity index (χ4v) is 5.28. The SMILES string of the molecule is CNC1CCCCC1.OCCCC#Cc1csc2c(NCc3cccs3)cc(Cl)nc12. The molecular formula is C24H30ClN3OS2. The lowest BCUT2D eigenvalue weighted by molar-refractivity contribution is 0.290. The molecule has 1 aliphatic carbocycles. The molecule has 4 rings (SSSR count). The normalized spacial score (nSPS) is 13.9. The van der Waals surface area contributed by atoms with E-state index in [-0.39, 0.29) is 6.61 Å². The van der Waals surface area contributed by atoms with Crippen LogP contribution in [0, 0.1) is 11.8 Å². The molecule has 31 heavy (non-hydrogen) atoms. The fourth-order valence-electron chi connectivity index (χ4n) is 3.51. The quantitative estimate of drug-likeness (QED) is 0.223. The molecule has 4 nitrogen and oxygen atoms in total. The lowest BCUT2D eigenvalue weighted by Gasteiger charge is -2.20. The number of aliphatic hydroxyl groups is 1. The highest BCUT2D eigenvalue weighted by Crippen LogP contribution is 2.33. The Morgan fingerprint density at radius 1 is 1.26 bits per heavy atom. The lowest BCUT2D eigenvalue weighted by atomic mass is 9.96. The Hall–Kier alpha value is -1.62. The first kappa shape index (κ1) is 24.0. The number of halogens is 1. The van der Waals surface area contributed by atoms with Crippen molar-refractivity contribution in [1.82, 2.24) is 10.3 Å². The molecular weight excluding hydrogens is 446 g/mol. The van der Waals surface area contributed by atoms with E-state index in [4.69, 9.17) is 16.7 Å². The predicted molar refractivity (Wildman–Crippen MR) is 135 cm³/mol. The van der Waals surface area contributed by atoms with Gasteiger partial charge in [0.1, 0.15) is 10.7 Å². The Morgan fingerprint density at radius 3 is 2.77 bits per heavy atom. The first-order chi connectivity index (χ1) is 15.2. The van der Waals surface area contributed by atoms with Gasteiger partial charge in [-0.25, -0.2) is 4.98 Å². The number of unbranched alkanes of at least 4 members (excludes halogenated alkanes) is 1. The van der Waals surface area contributed by atoms with Crippen molar-refractivity contribution < 1.29 is 5.11 Å². The van der Waals surface area contributed by atoms with E-state index in [1.54, 1.807) is 22.7 Å². The summed E-state index contributed by atoms with van der Waals surface area (Å²) in [5.74, 6) is 6.20. The molecule has 3 heterocycles. The maximum absolute atomic E-state index is 8.80. The molecule has 0 saturated heterocycles. The van der Waals surface area contributed by atoms with Crippen LogP contribution in [-0.4, -0.2) is 29.8 Å². The molecule has 3 N–H and O–H groups in total. The van der Waals surface area contributed by atoms with Gasteiger partial charge in [0.15, 0.2) is 0 Å². The summed E-state index contributed by atoms with van der Waals surface area (Å²) in [7, 11) is 2.07. The van der Waals surface area contributed by atoms with Crippen LogP contribution in [0.25, 0.3) is 10.2 Å². The summed E-state index contributed by atoms with van der Waals surface area (Å²) < 4.78 is 1.07. The fraction of sp³-hybridized carbons (Fsp3) is 0.458. The molecule has 3 aromatic rings. The average Bonchev–Trinajstić information content (AvgIpc) is 3.46. The minimum atomic E-state index is 0.167. The van der Waals surface area contributed by atoms with E-state index >= 15 is 0 Å². The molecule has 1 aliphatic rings. The van der Waals surface area contributed by atoms with E-state index in [2.05, 4.69) is 46.0 Å². The van der Waals surface area contributed by atoms with Crippen molar-refractivity contribution in [3.05, 3.63) is 44.6 Å². The Balaban J connectivity index is 0.000000287. The molecule has 0 unspecified atom stereocenters. The van der Waals surface area contributed by atoms with Crippen molar-refractivity contribution in [3.8, 4) is 11.8 Å². The van der Waals surface area contributed by atoms with Crippen LogP contribution >= 0.6 is 34.3 Å². The Kier molecular flexibility index (Phi) is 10.1. The van der Waals surface area contributed by atoms with Crippen LogP contribution in [0.2, 0.25) is 5.15 Å². The van der Waals surface area contributed by atoms with E-state index in [9.17, 15) is 0 Å². The van der Waals surface area contributed by atoms with Gasteiger partial charge in [-0.2, -0.15) is 0 Å². The van der Waals surface area contributed by atoms with Crippen LogP contribution < -0.4 is 10.6 Å². The third-order valence-electron chi connectivity index (χ3n) is 5.22. The maximum Gasteiger partial charge on any atom is 0.131 e. The smallest absolute Gasteiger partial charge is 0.131 e. The molecule has 0 aromatic carbocycles. The van der Waals surface area contributed by atoms with Crippen molar-refractivity contribution in [2.75, 3.05) is 19.0 Å². The zero-order valence-corrected chi connectivity index (χ0v) is 20.3. The Labute approximate surface area is 198 Å². The summed E-state index contributed by atoms with van der Waals surface area (Å²) in [4.78, 5) is 5.70. The average molecular weight is 476 g/mol. The molecule has 1 fully saturated rings. The number of anilines is 1. The zero-order valence-electron chi connectivity index (χ0n) is 17.9. The van der Waals surface area contributed by atoms with Crippen LogP contribution in [0.3, 0.4) is 0 Å². The minimum absolute atomic E-state index is 0.167. The zero-order chi connectivity index (χ0) is 21.9. The Bertz CT molecular complexity index is 986. The van der Waals surface area contributed by atoms with Gasteiger partial charge in [-0.15, -0.1) is 22.7 Å². The molecule has 166 valence electrons. The van der Waals surface area contributed by atoms with Crippen molar-refractivity contribution in [3.63, 3.8) is 0 Å². The van der Waals surface area contributed by atoms with Gasteiger partial charge in [0, 0.05) is 41.9 Å². The number of nitrogens with zero attached hydrogens (tertiary/aromatic N) is 1. The highest BCUT2D eigenvalue weighted by Gasteiger charge is 2.11. The number of pyridine rings is 1. The second-order valence-electron chi connectivity index (χ2n) is 7.51. The molecule has 1 saturated carbocycles. The predicted octanol–water partition coefficient (Wildman–Crippen LogP) is 6.29. The van der Waals surface area contributed by atoms with Crippen molar-refractivity contribution >= 4 is 50.2 Å². The summed E-state index contributed by atoms with van der Waals surface area (Å²) in [5, 5.41) is 20.1. The monoisotopic (exact) mass is 475 g/mol. The van der Waals surface area contributed by atoms with Gasteiger partial charge in [0.05, 0.1) is 16.0 Å². The molecule has 0 amide bonds.